The van der Waals surface area contributed by atoms with E-state index in [9.17, 15) is 8.78 Å². The van der Waals surface area contributed by atoms with Crippen molar-refractivity contribution in [1.29, 1.82) is 0 Å². The van der Waals surface area contributed by atoms with Crippen LogP contribution >= 0.6 is 0 Å². The van der Waals surface area contributed by atoms with Crippen LogP contribution in [-0.4, -0.2) is 11.6 Å². The van der Waals surface area contributed by atoms with Gasteiger partial charge in [-0.1, -0.05) is 170 Å². The molecule has 0 N–H and O–H groups in total. The maximum atomic E-state index is 15.5. The number of hydrogen-bond acceptors (Lipinski definition) is 2. The Morgan fingerprint density at radius 3 is 0.783 bits per heavy atom. The van der Waals surface area contributed by atoms with Crippen molar-refractivity contribution in [3.8, 4) is 66.8 Å². The Kier molecular flexibility index (Phi) is 10.4. The summed E-state index contributed by atoms with van der Waals surface area (Å²) >= 11 is 0. The first-order valence-electron chi connectivity index (χ1n) is 19.7. The number of ketones is 2. The summed E-state index contributed by atoms with van der Waals surface area (Å²) in [5, 5.41) is 0. The first-order chi connectivity index (χ1) is 29.4. The van der Waals surface area contributed by atoms with Crippen LogP contribution in [-0.2, 0) is 0 Å². The SMILES string of the molecule is O=C(c1ccc(F)cc1)c1c(C(=O)c2ccc(F)cc2)c(-c2ccccc2)c(-c2ccc(-c3ccccc3)cc2)c(-c2ccc(-c3ccccc3)cc2)c1-c1ccccc1. The molecule has 9 aromatic rings. The molecule has 0 aromatic heterocycles. The van der Waals surface area contributed by atoms with Crippen LogP contribution in [0.3, 0.4) is 0 Å². The molecule has 0 heterocycles. The van der Waals surface area contributed by atoms with E-state index in [-0.39, 0.29) is 22.3 Å². The van der Waals surface area contributed by atoms with Crippen LogP contribution in [0.5, 0.6) is 0 Å². The first-order valence-corrected chi connectivity index (χ1v) is 19.7. The molecule has 0 aliphatic heterocycles. The van der Waals surface area contributed by atoms with E-state index < -0.39 is 23.2 Å². The van der Waals surface area contributed by atoms with Crippen LogP contribution in [0.25, 0.3) is 66.8 Å². The lowest BCUT2D eigenvalue weighted by Crippen LogP contribution is -2.17. The molecule has 9 aromatic carbocycles. The number of hydrogen-bond donors (Lipinski definition) is 0. The summed E-state index contributed by atoms with van der Waals surface area (Å²) in [6, 6.07) is 66.8. The van der Waals surface area contributed by atoms with Crippen molar-refractivity contribution < 1.29 is 18.4 Å². The lowest BCUT2D eigenvalue weighted by atomic mass is 9.74. The van der Waals surface area contributed by atoms with Crippen molar-refractivity contribution in [2.45, 2.75) is 0 Å². The van der Waals surface area contributed by atoms with Gasteiger partial charge in [0, 0.05) is 33.4 Å². The molecule has 286 valence electrons. The minimum absolute atomic E-state index is 0.160. The van der Waals surface area contributed by atoms with E-state index in [0.717, 1.165) is 44.5 Å². The molecule has 0 spiro atoms. The molecule has 0 saturated carbocycles. The van der Waals surface area contributed by atoms with Gasteiger partial charge in [0.05, 0.1) is 0 Å². The molecule has 0 saturated heterocycles. The third-order valence-electron chi connectivity index (χ3n) is 10.9. The van der Waals surface area contributed by atoms with Crippen molar-refractivity contribution in [2.75, 3.05) is 0 Å². The first kappa shape index (κ1) is 37.7. The van der Waals surface area contributed by atoms with Crippen molar-refractivity contribution in [2.24, 2.45) is 0 Å². The topological polar surface area (TPSA) is 34.1 Å². The van der Waals surface area contributed by atoms with Crippen LogP contribution in [0.4, 0.5) is 8.78 Å². The van der Waals surface area contributed by atoms with Crippen molar-refractivity contribution in [1.82, 2.24) is 0 Å². The van der Waals surface area contributed by atoms with Gasteiger partial charge in [0.2, 0.25) is 0 Å². The standard InChI is InChI=1S/C56H36F2O2/c57-47-33-29-45(30-34-47)55(59)53-51(41-17-9-3-10-18-41)49(43-25-21-39(22-26-43)37-13-5-1-6-14-37)50(44-27-23-40(24-28-44)38-15-7-2-8-16-38)52(42-19-11-4-12-20-42)54(53)56(60)46-31-35-48(58)36-32-46/h1-36H. The molecule has 9 rings (SSSR count). The molecule has 0 radical (unpaired) electrons. The van der Waals surface area contributed by atoms with E-state index in [1.54, 1.807) is 0 Å². The van der Waals surface area contributed by atoms with Crippen LogP contribution in [0.1, 0.15) is 31.8 Å². The number of benzene rings is 9. The summed E-state index contributed by atoms with van der Waals surface area (Å²) in [5.74, 6) is -1.89. The van der Waals surface area contributed by atoms with Gasteiger partial charge in [-0.2, -0.15) is 0 Å². The number of rotatable bonds is 10. The minimum Gasteiger partial charge on any atom is -0.289 e. The molecular formula is C56H36F2O2. The fourth-order valence-electron chi connectivity index (χ4n) is 7.98. The third kappa shape index (κ3) is 7.39. The molecule has 4 heteroatoms. The Balaban J connectivity index is 1.47. The van der Waals surface area contributed by atoms with Gasteiger partial charge < -0.3 is 0 Å². The maximum absolute atomic E-state index is 15.5. The van der Waals surface area contributed by atoms with Crippen LogP contribution < -0.4 is 0 Å². The Bertz CT molecular complexity index is 2740. The van der Waals surface area contributed by atoms with Gasteiger partial charge >= 0.3 is 0 Å². The number of carbonyl (C=O) groups excluding carboxylic acids is 2. The van der Waals surface area contributed by atoms with E-state index in [2.05, 4.69) is 72.8 Å². The highest BCUT2D eigenvalue weighted by molar-refractivity contribution is 6.28. The zero-order valence-electron chi connectivity index (χ0n) is 32.4. The molecule has 0 aliphatic rings. The van der Waals surface area contributed by atoms with Crippen molar-refractivity contribution >= 4 is 11.6 Å². The van der Waals surface area contributed by atoms with Gasteiger partial charge in [0.25, 0.3) is 0 Å². The Hall–Kier alpha value is -7.82. The highest BCUT2D eigenvalue weighted by Gasteiger charge is 2.34. The zero-order chi connectivity index (χ0) is 41.0. The summed E-state index contributed by atoms with van der Waals surface area (Å²) in [4.78, 5) is 31.0. The fraction of sp³-hybridized carbons (Fsp3) is 0. The van der Waals surface area contributed by atoms with E-state index in [1.165, 1.54) is 48.5 Å². The van der Waals surface area contributed by atoms with Crippen molar-refractivity contribution in [3.63, 3.8) is 0 Å². The Morgan fingerprint density at radius 2 is 0.483 bits per heavy atom. The normalized spacial score (nSPS) is 11.0. The van der Waals surface area contributed by atoms with E-state index in [0.29, 0.717) is 22.3 Å². The smallest absolute Gasteiger partial charge is 0.194 e. The predicted octanol–water partition coefficient (Wildman–Crippen LogP) is 14.4. The summed E-state index contributed by atoms with van der Waals surface area (Å²) in [5.41, 5.74) is 10.5. The quantitative estimate of drug-likeness (QED) is 0.130. The summed E-state index contributed by atoms with van der Waals surface area (Å²) in [6.07, 6.45) is 0. The second-order valence-corrected chi connectivity index (χ2v) is 14.5. The van der Waals surface area contributed by atoms with Gasteiger partial charge in [-0.25, -0.2) is 8.78 Å². The average molecular weight is 779 g/mol. The Morgan fingerprint density at radius 1 is 0.250 bits per heavy atom. The van der Waals surface area contributed by atoms with E-state index in [4.69, 9.17) is 0 Å². The van der Waals surface area contributed by atoms with Crippen LogP contribution in [0, 0.1) is 11.6 Å². The second-order valence-electron chi connectivity index (χ2n) is 14.5. The molecule has 60 heavy (non-hydrogen) atoms. The largest absolute Gasteiger partial charge is 0.289 e. The predicted molar refractivity (Wildman–Crippen MR) is 239 cm³/mol. The van der Waals surface area contributed by atoms with Crippen molar-refractivity contribution in [3.05, 3.63) is 252 Å². The monoisotopic (exact) mass is 778 g/mol. The van der Waals surface area contributed by atoms with E-state index >= 15 is 9.59 Å². The fourth-order valence-corrected chi connectivity index (χ4v) is 7.98. The molecule has 0 amide bonds. The lowest BCUT2D eigenvalue weighted by molar-refractivity contribution is 0.100. The van der Waals surface area contributed by atoms with Gasteiger partial charge in [0.15, 0.2) is 11.6 Å². The molecule has 0 atom stereocenters. The van der Waals surface area contributed by atoms with E-state index in [1.807, 2.05) is 97.1 Å². The molecule has 0 unspecified atom stereocenters. The van der Waals surface area contributed by atoms with Crippen LogP contribution in [0.15, 0.2) is 218 Å². The summed E-state index contributed by atoms with van der Waals surface area (Å²) < 4.78 is 28.9. The number of carbonyl (C=O) groups is 2. The minimum atomic E-state index is -0.490. The summed E-state index contributed by atoms with van der Waals surface area (Å²) in [6.45, 7) is 0. The second kappa shape index (κ2) is 16.6. The molecule has 0 aliphatic carbocycles. The van der Waals surface area contributed by atoms with Gasteiger partial charge in [-0.05, 0) is 104 Å². The Labute approximate surface area is 347 Å². The molecule has 0 bridgehead atoms. The van der Waals surface area contributed by atoms with Gasteiger partial charge in [0.1, 0.15) is 11.6 Å². The average Bonchev–Trinajstić information content (AvgIpc) is 3.32. The lowest BCUT2D eigenvalue weighted by Gasteiger charge is -2.27. The zero-order valence-corrected chi connectivity index (χ0v) is 32.4. The number of halogens is 2. The van der Waals surface area contributed by atoms with Gasteiger partial charge in [-0.15, -0.1) is 0 Å². The summed E-state index contributed by atoms with van der Waals surface area (Å²) in [7, 11) is 0. The highest BCUT2D eigenvalue weighted by atomic mass is 19.1. The highest BCUT2D eigenvalue weighted by Crippen LogP contribution is 2.51. The maximum Gasteiger partial charge on any atom is 0.194 e. The van der Waals surface area contributed by atoms with Crippen LogP contribution in [0.2, 0.25) is 0 Å². The molecule has 0 fully saturated rings. The van der Waals surface area contributed by atoms with Gasteiger partial charge in [-0.3, -0.25) is 9.59 Å². The third-order valence-corrected chi connectivity index (χ3v) is 10.9. The molecular weight excluding hydrogens is 743 g/mol. The molecule has 2 nitrogen and oxygen atoms in total.